The molecule has 0 saturated heterocycles. The third kappa shape index (κ3) is 7.10. The monoisotopic (exact) mass is 765 g/mol. The largest absolute Gasteiger partial charge is 0.208 e. The molecule has 0 fully saturated rings. The molecular formula is C57H39N3. The maximum Gasteiger partial charge on any atom is 0.164 e. The summed E-state index contributed by atoms with van der Waals surface area (Å²) in [5, 5.41) is 0. The Bertz CT molecular complexity index is 2900. The summed E-state index contributed by atoms with van der Waals surface area (Å²) in [6.45, 7) is 0. The summed E-state index contributed by atoms with van der Waals surface area (Å²) in [5.74, 6) is 1.84. The van der Waals surface area contributed by atoms with Gasteiger partial charge in [0.2, 0.25) is 0 Å². The first-order valence-electron chi connectivity index (χ1n) is 20.3. The molecule has 0 saturated carbocycles. The van der Waals surface area contributed by atoms with E-state index in [1.54, 1.807) is 0 Å². The van der Waals surface area contributed by atoms with E-state index in [1.165, 1.54) is 22.3 Å². The molecule has 0 radical (unpaired) electrons. The van der Waals surface area contributed by atoms with Gasteiger partial charge in [-0.25, -0.2) is 15.0 Å². The van der Waals surface area contributed by atoms with E-state index in [-0.39, 0.29) is 0 Å². The summed E-state index contributed by atoms with van der Waals surface area (Å²) in [5.41, 5.74) is 16.4. The molecule has 1 heterocycles. The van der Waals surface area contributed by atoms with Crippen LogP contribution in [-0.2, 0) is 0 Å². The van der Waals surface area contributed by atoms with E-state index in [0.717, 1.165) is 61.2 Å². The van der Waals surface area contributed by atoms with Crippen molar-refractivity contribution >= 4 is 0 Å². The maximum atomic E-state index is 5.38. The zero-order chi connectivity index (χ0) is 40.1. The maximum absolute atomic E-state index is 5.38. The van der Waals surface area contributed by atoms with Crippen LogP contribution in [0.4, 0.5) is 0 Å². The highest BCUT2D eigenvalue weighted by Crippen LogP contribution is 2.43. The first-order valence-corrected chi connectivity index (χ1v) is 20.3. The molecule has 0 unspecified atom stereocenters. The van der Waals surface area contributed by atoms with E-state index in [0.29, 0.717) is 17.5 Å². The van der Waals surface area contributed by atoms with Crippen LogP contribution < -0.4 is 0 Å². The van der Waals surface area contributed by atoms with E-state index in [1.807, 2.05) is 18.2 Å². The lowest BCUT2D eigenvalue weighted by Gasteiger charge is -2.18. The Balaban J connectivity index is 1.16. The highest BCUT2D eigenvalue weighted by atomic mass is 15.0. The van der Waals surface area contributed by atoms with E-state index >= 15 is 0 Å². The molecule has 0 spiro atoms. The molecule has 3 heteroatoms. The van der Waals surface area contributed by atoms with Crippen LogP contribution in [0.5, 0.6) is 0 Å². The van der Waals surface area contributed by atoms with E-state index in [9.17, 15) is 0 Å². The van der Waals surface area contributed by atoms with Crippen molar-refractivity contribution in [3.05, 3.63) is 237 Å². The number of hydrogen-bond donors (Lipinski definition) is 0. The number of benzene rings is 9. The number of hydrogen-bond acceptors (Lipinski definition) is 3. The molecule has 0 amide bonds. The zero-order valence-electron chi connectivity index (χ0n) is 32.9. The Kier molecular flexibility index (Phi) is 9.97. The second-order valence-electron chi connectivity index (χ2n) is 14.7. The molecule has 60 heavy (non-hydrogen) atoms. The summed E-state index contributed by atoms with van der Waals surface area (Å²) < 4.78 is 0. The Morgan fingerprint density at radius 3 is 0.667 bits per heavy atom. The highest BCUT2D eigenvalue weighted by Gasteiger charge is 2.21. The van der Waals surface area contributed by atoms with Gasteiger partial charge < -0.3 is 0 Å². The molecule has 282 valence electrons. The lowest BCUT2D eigenvalue weighted by molar-refractivity contribution is 1.07. The van der Waals surface area contributed by atoms with Crippen LogP contribution in [0.15, 0.2) is 237 Å². The average Bonchev–Trinajstić information content (AvgIpc) is 3.34. The minimum absolute atomic E-state index is 0.609. The third-order valence-electron chi connectivity index (χ3n) is 11.0. The molecular weight excluding hydrogens is 727 g/mol. The molecule has 1 aromatic heterocycles. The topological polar surface area (TPSA) is 38.7 Å². The van der Waals surface area contributed by atoms with Crippen LogP contribution in [0, 0.1) is 0 Å². The Morgan fingerprint density at radius 2 is 0.350 bits per heavy atom. The van der Waals surface area contributed by atoms with Gasteiger partial charge >= 0.3 is 0 Å². The number of rotatable bonds is 9. The summed E-state index contributed by atoms with van der Waals surface area (Å²) in [6.07, 6.45) is 0. The second kappa shape index (κ2) is 16.5. The second-order valence-corrected chi connectivity index (χ2v) is 14.7. The Morgan fingerprint density at radius 1 is 0.150 bits per heavy atom. The van der Waals surface area contributed by atoms with Crippen molar-refractivity contribution in [2.45, 2.75) is 0 Å². The molecule has 0 aliphatic rings. The van der Waals surface area contributed by atoms with Crippen molar-refractivity contribution in [1.82, 2.24) is 15.0 Å². The van der Waals surface area contributed by atoms with Gasteiger partial charge in [-0.1, -0.05) is 237 Å². The van der Waals surface area contributed by atoms with Crippen molar-refractivity contribution in [1.29, 1.82) is 0 Å². The quantitative estimate of drug-likeness (QED) is 0.147. The minimum atomic E-state index is 0.609. The third-order valence-corrected chi connectivity index (χ3v) is 11.0. The number of aromatic nitrogens is 3. The highest BCUT2D eigenvalue weighted by molar-refractivity contribution is 5.97. The summed E-state index contributed by atoms with van der Waals surface area (Å²) >= 11 is 0. The molecule has 10 rings (SSSR count). The normalized spacial score (nSPS) is 11.0. The molecule has 0 aliphatic carbocycles. The van der Waals surface area contributed by atoms with Crippen LogP contribution in [0.1, 0.15) is 0 Å². The average molecular weight is 766 g/mol. The summed E-state index contributed by atoms with van der Waals surface area (Å²) in [7, 11) is 0. The molecule has 3 nitrogen and oxygen atoms in total. The van der Waals surface area contributed by atoms with E-state index < -0.39 is 0 Å². The van der Waals surface area contributed by atoms with Crippen molar-refractivity contribution in [3.63, 3.8) is 0 Å². The van der Waals surface area contributed by atoms with Gasteiger partial charge in [0, 0.05) is 16.7 Å². The number of nitrogens with zero attached hydrogens (tertiary/aromatic N) is 3. The van der Waals surface area contributed by atoms with Crippen LogP contribution >= 0.6 is 0 Å². The fourth-order valence-corrected chi connectivity index (χ4v) is 8.24. The zero-order valence-corrected chi connectivity index (χ0v) is 32.9. The lowest BCUT2D eigenvalue weighted by atomic mass is 9.87. The minimum Gasteiger partial charge on any atom is -0.208 e. The SMILES string of the molecule is c1ccc(-c2nc(-c3ccccc3-c3ccccc3-c3ccccc3-c3ccccc3)nc(-c3ccccc3-c3ccccc3-c3ccccc3-c3ccccc3)n2)cc1. The molecule has 0 atom stereocenters. The summed E-state index contributed by atoms with van der Waals surface area (Å²) in [6, 6.07) is 82.9. The predicted molar refractivity (Wildman–Crippen MR) is 249 cm³/mol. The van der Waals surface area contributed by atoms with Gasteiger partial charge in [0.05, 0.1) is 0 Å². The fourth-order valence-electron chi connectivity index (χ4n) is 8.24. The molecule has 0 N–H and O–H groups in total. The van der Waals surface area contributed by atoms with Gasteiger partial charge in [-0.2, -0.15) is 0 Å². The van der Waals surface area contributed by atoms with E-state index in [2.05, 4.69) is 218 Å². The Labute approximate surface area is 351 Å². The van der Waals surface area contributed by atoms with Crippen molar-refractivity contribution in [2.24, 2.45) is 0 Å². The van der Waals surface area contributed by atoms with Crippen molar-refractivity contribution < 1.29 is 0 Å². The molecule has 0 bridgehead atoms. The van der Waals surface area contributed by atoms with Gasteiger partial charge in [0.25, 0.3) is 0 Å². The van der Waals surface area contributed by atoms with Gasteiger partial charge in [-0.3, -0.25) is 0 Å². The van der Waals surface area contributed by atoms with Gasteiger partial charge in [-0.15, -0.1) is 0 Å². The van der Waals surface area contributed by atoms with Crippen molar-refractivity contribution in [3.8, 4) is 101 Å². The lowest BCUT2D eigenvalue weighted by Crippen LogP contribution is -2.02. The fraction of sp³-hybridized carbons (Fsp3) is 0. The molecule has 10 aromatic rings. The standard InChI is InChI=1S/C57H39N3/c1-4-22-40(23-5-1)43-28-10-12-30-45(43)47-32-14-16-34-49(47)51-36-18-20-38-53(51)56-58-55(42-26-8-3-9-27-42)59-57(60-56)54-39-21-19-37-52(54)50-35-17-15-33-48(50)46-31-13-11-29-44(46)41-24-6-2-7-25-41/h1-39H. The van der Waals surface area contributed by atoms with Gasteiger partial charge in [-0.05, 0) is 66.8 Å². The van der Waals surface area contributed by atoms with Gasteiger partial charge in [0.1, 0.15) is 0 Å². The first kappa shape index (κ1) is 36.3. The summed E-state index contributed by atoms with van der Waals surface area (Å²) in [4.78, 5) is 15.9. The predicted octanol–water partition coefficient (Wildman–Crippen LogP) is 14.9. The molecule has 0 aliphatic heterocycles. The van der Waals surface area contributed by atoms with Crippen LogP contribution in [0.3, 0.4) is 0 Å². The van der Waals surface area contributed by atoms with Crippen LogP contribution in [-0.4, -0.2) is 15.0 Å². The van der Waals surface area contributed by atoms with Crippen LogP contribution in [0.2, 0.25) is 0 Å². The van der Waals surface area contributed by atoms with Crippen LogP contribution in [0.25, 0.3) is 101 Å². The Hall–Kier alpha value is -8.01. The smallest absolute Gasteiger partial charge is 0.164 e. The van der Waals surface area contributed by atoms with Gasteiger partial charge in [0.15, 0.2) is 17.5 Å². The van der Waals surface area contributed by atoms with E-state index in [4.69, 9.17) is 15.0 Å². The first-order chi connectivity index (χ1) is 29.8. The van der Waals surface area contributed by atoms with Crippen molar-refractivity contribution in [2.75, 3.05) is 0 Å². The molecule has 9 aromatic carbocycles.